The monoisotopic (exact) mass is 383 g/mol. The number of rotatable bonds is 6. The smallest absolute Gasteiger partial charge is 0.416 e. The Morgan fingerprint density at radius 1 is 1.30 bits per heavy atom. The van der Waals surface area contributed by atoms with Crippen LogP contribution < -0.4 is 5.32 Å². The number of benzene rings is 1. The van der Waals surface area contributed by atoms with Crippen LogP contribution in [-0.2, 0) is 15.8 Å². The average Bonchev–Trinajstić information content (AvgIpc) is 2.87. The van der Waals surface area contributed by atoms with Gasteiger partial charge in [-0.15, -0.1) is 0 Å². The molecule has 0 aliphatic heterocycles. The van der Waals surface area contributed by atoms with Crippen molar-refractivity contribution in [1.82, 2.24) is 15.1 Å². The highest BCUT2D eigenvalue weighted by atomic mass is 19.4. The highest BCUT2D eigenvalue weighted by Crippen LogP contribution is 2.31. The summed E-state index contributed by atoms with van der Waals surface area (Å²) in [6.07, 6.45) is -3.78. The molecule has 27 heavy (non-hydrogen) atoms. The molecule has 1 atom stereocenters. The molecule has 146 valence electrons. The Kier molecular flexibility index (Phi) is 5.92. The molecule has 0 saturated heterocycles. The number of nitrogens with zero attached hydrogens (tertiary/aromatic N) is 2. The second kappa shape index (κ2) is 7.81. The molecule has 0 radical (unpaired) electrons. The van der Waals surface area contributed by atoms with Gasteiger partial charge in [0.25, 0.3) is 0 Å². The molecule has 1 unspecified atom stereocenters. The van der Waals surface area contributed by atoms with Crippen LogP contribution in [-0.4, -0.2) is 26.8 Å². The van der Waals surface area contributed by atoms with E-state index in [2.05, 4.69) is 10.4 Å². The van der Waals surface area contributed by atoms with Crippen molar-refractivity contribution in [3.8, 4) is 5.69 Å². The number of carbonyl (C=O) groups excluding carboxylic acids is 1. The molecule has 0 aliphatic rings. The van der Waals surface area contributed by atoms with Gasteiger partial charge in [0.2, 0.25) is 5.91 Å². The van der Waals surface area contributed by atoms with Gasteiger partial charge in [0.1, 0.15) is 0 Å². The van der Waals surface area contributed by atoms with Gasteiger partial charge < -0.3 is 10.4 Å². The Morgan fingerprint density at radius 2 is 1.96 bits per heavy atom. The molecule has 0 bridgehead atoms. The third-order valence-electron chi connectivity index (χ3n) is 4.08. The fourth-order valence-electron chi connectivity index (χ4n) is 2.86. The van der Waals surface area contributed by atoms with Crippen LogP contribution in [0.3, 0.4) is 0 Å². The number of amides is 1. The molecule has 1 aromatic heterocycles. The van der Waals surface area contributed by atoms with Crippen LogP contribution in [0, 0.1) is 13.8 Å². The van der Waals surface area contributed by atoms with Gasteiger partial charge in [-0.1, -0.05) is 13.0 Å². The predicted molar refractivity (Wildman–Crippen MR) is 91.5 cm³/mol. The first-order chi connectivity index (χ1) is 12.6. The van der Waals surface area contributed by atoms with Crippen molar-refractivity contribution in [3.63, 3.8) is 0 Å². The highest BCUT2D eigenvalue weighted by molar-refractivity contribution is 5.85. The lowest BCUT2D eigenvalue weighted by Crippen LogP contribution is -2.34. The quantitative estimate of drug-likeness (QED) is 0.799. The van der Waals surface area contributed by atoms with Gasteiger partial charge in [0.15, 0.2) is 6.04 Å². The Hall–Kier alpha value is -2.84. The maximum Gasteiger partial charge on any atom is 0.416 e. The maximum absolute atomic E-state index is 13.0. The molecule has 1 heterocycles. The first-order valence-corrected chi connectivity index (χ1v) is 8.32. The molecule has 2 aromatic rings. The van der Waals surface area contributed by atoms with Gasteiger partial charge in [-0.05, 0) is 38.5 Å². The summed E-state index contributed by atoms with van der Waals surface area (Å²) in [6, 6.07) is 3.26. The summed E-state index contributed by atoms with van der Waals surface area (Å²) in [5, 5.41) is 16.2. The number of carbonyl (C=O) groups is 2. The van der Waals surface area contributed by atoms with E-state index in [0.717, 1.165) is 12.1 Å². The summed E-state index contributed by atoms with van der Waals surface area (Å²) in [7, 11) is 0. The molecular formula is C18H20F3N3O3. The highest BCUT2D eigenvalue weighted by Gasteiger charge is 2.32. The van der Waals surface area contributed by atoms with Crippen molar-refractivity contribution in [1.29, 1.82) is 0 Å². The van der Waals surface area contributed by atoms with Crippen molar-refractivity contribution in [2.24, 2.45) is 0 Å². The van der Waals surface area contributed by atoms with Crippen LogP contribution in [0.1, 0.15) is 48.3 Å². The lowest BCUT2D eigenvalue weighted by Gasteiger charge is -2.15. The summed E-state index contributed by atoms with van der Waals surface area (Å²) in [6.45, 7) is 4.89. The van der Waals surface area contributed by atoms with Gasteiger partial charge in [-0.3, -0.25) is 4.79 Å². The lowest BCUT2D eigenvalue weighted by atomic mass is 10.0. The molecule has 6 nitrogen and oxygen atoms in total. The molecule has 2 N–H and O–H groups in total. The van der Waals surface area contributed by atoms with Crippen molar-refractivity contribution >= 4 is 11.9 Å². The first kappa shape index (κ1) is 20.5. The number of hydrogen-bond donors (Lipinski definition) is 2. The van der Waals surface area contributed by atoms with E-state index < -0.39 is 29.7 Å². The van der Waals surface area contributed by atoms with E-state index in [0.29, 0.717) is 17.8 Å². The Morgan fingerprint density at radius 3 is 2.52 bits per heavy atom. The Bertz CT molecular complexity index is 859. The maximum atomic E-state index is 13.0. The van der Waals surface area contributed by atoms with Crippen molar-refractivity contribution < 1.29 is 27.9 Å². The normalized spacial score (nSPS) is 12.7. The number of aliphatic carboxylic acids is 1. The molecule has 9 heteroatoms. The summed E-state index contributed by atoms with van der Waals surface area (Å²) in [5.41, 5.74) is 0.232. The van der Waals surface area contributed by atoms with Crippen LogP contribution in [0.25, 0.3) is 5.69 Å². The van der Waals surface area contributed by atoms with Crippen LogP contribution in [0.2, 0.25) is 0 Å². The van der Waals surface area contributed by atoms with Gasteiger partial charge in [0.05, 0.1) is 16.9 Å². The zero-order valence-corrected chi connectivity index (χ0v) is 15.1. The summed E-state index contributed by atoms with van der Waals surface area (Å²) in [4.78, 5) is 23.5. The van der Waals surface area contributed by atoms with Crippen LogP contribution >= 0.6 is 0 Å². The number of aromatic nitrogens is 2. The zero-order valence-electron chi connectivity index (χ0n) is 15.1. The Balaban J connectivity index is 2.49. The Labute approximate surface area is 154 Å². The molecule has 0 saturated carbocycles. The molecular weight excluding hydrogens is 363 g/mol. The summed E-state index contributed by atoms with van der Waals surface area (Å²) in [5.74, 6) is -1.69. The van der Waals surface area contributed by atoms with Crippen LogP contribution in [0.15, 0.2) is 24.3 Å². The number of carboxylic acids is 1. The fraction of sp³-hybridized carbons (Fsp3) is 0.389. The minimum Gasteiger partial charge on any atom is -0.479 e. The molecule has 1 aromatic carbocycles. The molecule has 0 aliphatic carbocycles. The van der Waals surface area contributed by atoms with Crippen molar-refractivity contribution in [2.45, 2.75) is 45.8 Å². The molecule has 0 spiro atoms. The fourth-order valence-corrected chi connectivity index (χ4v) is 2.86. The first-order valence-electron chi connectivity index (χ1n) is 8.32. The van der Waals surface area contributed by atoms with E-state index in [4.69, 9.17) is 0 Å². The molecule has 0 fully saturated rings. The number of carboxylic acid groups (broad SMARTS) is 1. The van der Waals surface area contributed by atoms with Crippen molar-refractivity contribution in [2.75, 3.05) is 0 Å². The number of aryl methyl sites for hydroxylation is 1. The topological polar surface area (TPSA) is 84.2 Å². The van der Waals surface area contributed by atoms with E-state index in [1.165, 1.54) is 16.8 Å². The number of halogens is 3. The van der Waals surface area contributed by atoms with Crippen LogP contribution in [0.4, 0.5) is 13.2 Å². The minimum absolute atomic E-state index is 0.153. The zero-order chi connectivity index (χ0) is 20.4. The number of nitrogens with one attached hydrogen (secondary N) is 1. The largest absolute Gasteiger partial charge is 0.479 e. The van der Waals surface area contributed by atoms with Crippen molar-refractivity contribution in [3.05, 3.63) is 46.8 Å². The number of alkyl halides is 3. The summed E-state index contributed by atoms with van der Waals surface area (Å²) < 4.78 is 40.1. The second-order valence-electron chi connectivity index (χ2n) is 6.13. The van der Waals surface area contributed by atoms with Gasteiger partial charge in [-0.2, -0.15) is 18.3 Å². The number of hydrogen-bond acceptors (Lipinski definition) is 3. The van der Waals surface area contributed by atoms with Crippen LogP contribution in [0.5, 0.6) is 0 Å². The third-order valence-corrected chi connectivity index (χ3v) is 4.08. The second-order valence-corrected chi connectivity index (χ2v) is 6.13. The van der Waals surface area contributed by atoms with Gasteiger partial charge in [-0.25, -0.2) is 9.48 Å². The lowest BCUT2D eigenvalue weighted by molar-refractivity contribution is -0.142. The van der Waals surface area contributed by atoms with Gasteiger partial charge in [0, 0.05) is 17.7 Å². The SMILES string of the molecule is CCCC(=O)NC(C(=O)O)c1c(C)nn(-c2cccc(C(F)(F)F)c2)c1C. The van der Waals surface area contributed by atoms with E-state index in [9.17, 15) is 27.9 Å². The standard InChI is InChI=1S/C18H20F3N3O3/c1-4-6-14(25)22-16(17(26)27)15-10(2)23-24(11(15)3)13-8-5-7-12(9-13)18(19,20)21/h5,7-9,16H,4,6H2,1-3H3,(H,22,25)(H,26,27). The van der Waals surface area contributed by atoms with E-state index >= 15 is 0 Å². The van der Waals surface area contributed by atoms with E-state index in [1.54, 1.807) is 20.8 Å². The summed E-state index contributed by atoms with van der Waals surface area (Å²) >= 11 is 0. The van der Waals surface area contributed by atoms with Gasteiger partial charge >= 0.3 is 12.1 Å². The third kappa shape index (κ3) is 4.47. The minimum atomic E-state index is -4.51. The molecule has 2 rings (SSSR count). The van der Waals surface area contributed by atoms with E-state index in [-0.39, 0.29) is 17.7 Å². The predicted octanol–water partition coefficient (Wildman–Crippen LogP) is 3.55. The van der Waals surface area contributed by atoms with E-state index in [1.807, 2.05) is 0 Å². The average molecular weight is 383 g/mol. The molecule has 1 amide bonds.